The van der Waals surface area contributed by atoms with Gasteiger partial charge in [-0.15, -0.1) is 0 Å². The molecule has 0 atom stereocenters. The summed E-state index contributed by atoms with van der Waals surface area (Å²) >= 11 is 9.00. The highest BCUT2D eigenvalue weighted by Crippen LogP contribution is 2.30. The van der Waals surface area contributed by atoms with Crippen LogP contribution in [0.2, 0.25) is 5.02 Å². The lowest BCUT2D eigenvalue weighted by atomic mass is 10.2. The predicted molar refractivity (Wildman–Crippen MR) is 78.1 cm³/mol. The van der Waals surface area contributed by atoms with E-state index in [1.807, 2.05) is 0 Å². The van der Waals surface area contributed by atoms with Crippen LogP contribution in [-0.2, 0) is 0 Å². The highest BCUT2D eigenvalue weighted by atomic mass is 79.9. The molecular formula is C13H9BrClFN2O2. The van der Waals surface area contributed by atoms with Crippen molar-refractivity contribution in [2.75, 3.05) is 0 Å². The molecule has 0 saturated carbocycles. The van der Waals surface area contributed by atoms with Crippen LogP contribution in [-0.4, -0.2) is 11.0 Å². The quantitative estimate of drug-likeness (QED) is 0.375. The second kappa shape index (κ2) is 6.11. The van der Waals surface area contributed by atoms with Crippen molar-refractivity contribution in [3.8, 4) is 11.5 Å². The molecule has 0 fully saturated rings. The van der Waals surface area contributed by atoms with Crippen molar-refractivity contribution in [2.24, 2.45) is 10.9 Å². The highest BCUT2D eigenvalue weighted by molar-refractivity contribution is 9.10. The molecule has 0 unspecified atom stereocenters. The molecule has 4 nitrogen and oxygen atoms in total. The molecule has 0 spiro atoms. The van der Waals surface area contributed by atoms with E-state index in [4.69, 9.17) is 27.3 Å². The van der Waals surface area contributed by atoms with Crippen LogP contribution in [0.3, 0.4) is 0 Å². The van der Waals surface area contributed by atoms with Crippen molar-refractivity contribution in [3.63, 3.8) is 0 Å². The van der Waals surface area contributed by atoms with Gasteiger partial charge in [0, 0.05) is 9.50 Å². The van der Waals surface area contributed by atoms with Gasteiger partial charge in [-0.2, -0.15) is 0 Å². The fourth-order valence-electron chi connectivity index (χ4n) is 1.52. The van der Waals surface area contributed by atoms with Gasteiger partial charge in [0.05, 0.1) is 5.56 Å². The third kappa shape index (κ3) is 3.20. The molecule has 20 heavy (non-hydrogen) atoms. The van der Waals surface area contributed by atoms with Crippen LogP contribution in [0.25, 0.3) is 0 Å². The molecule has 104 valence electrons. The number of rotatable bonds is 3. The van der Waals surface area contributed by atoms with Crippen molar-refractivity contribution in [3.05, 3.63) is 57.3 Å². The molecule has 0 aromatic heterocycles. The summed E-state index contributed by atoms with van der Waals surface area (Å²) in [5, 5.41) is 12.0. The third-order valence-electron chi connectivity index (χ3n) is 2.44. The Morgan fingerprint density at radius 3 is 2.60 bits per heavy atom. The molecule has 0 aliphatic carbocycles. The van der Waals surface area contributed by atoms with Crippen molar-refractivity contribution in [1.82, 2.24) is 0 Å². The maximum atomic E-state index is 13.7. The maximum absolute atomic E-state index is 13.7. The fraction of sp³-hybridized carbons (Fsp3) is 0. The van der Waals surface area contributed by atoms with Crippen LogP contribution < -0.4 is 10.5 Å². The molecule has 0 amide bonds. The van der Waals surface area contributed by atoms with Gasteiger partial charge in [-0.05, 0) is 36.4 Å². The molecule has 0 bridgehead atoms. The Kier molecular flexibility index (Phi) is 4.46. The van der Waals surface area contributed by atoms with Crippen LogP contribution in [0.1, 0.15) is 5.56 Å². The van der Waals surface area contributed by atoms with E-state index in [1.54, 1.807) is 12.1 Å². The summed E-state index contributed by atoms with van der Waals surface area (Å²) in [6.45, 7) is 0. The van der Waals surface area contributed by atoms with Crippen molar-refractivity contribution in [1.29, 1.82) is 0 Å². The Hall–Kier alpha value is -1.79. The molecule has 0 radical (unpaired) electrons. The average molecular weight is 360 g/mol. The monoisotopic (exact) mass is 358 g/mol. The van der Waals surface area contributed by atoms with Gasteiger partial charge >= 0.3 is 0 Å². The van der Waals surface area contributed by atoms with Gasteiger partial charge in [-0.3, -0.25) is 0 Å². The number of oxime groups is 1. The van der Waals surface area contributed by atoms with E-state index >= 15 is 0 Å². The van der Waals surface area contributed by atoms with E-state index in [9.17, 15) is 4.39 Å². The molecule has 0 saturated heterocycles. The van der Waals surface area contributed by atoms with Gasteiger partial charge in [-0.25, -0.2) is 4.39 Å². The summed E-state index contributed by atoms with van der Waals surface area (Å²) in [6.07, 6.45) is 0. The second-order valence-electron chi connectivity index (χ2n) is 3.80. The summed E-state index contributed by atoms with van der Waals surface area (Å²) in [7, 11) is 0. The van der Waals surface area contributed by atoms with E-state index in [1.165, 1.54) is 24.3 Å². The Balaban J connectivity index is 2.43. The SMILES string of the molecule is NC(=NO)c1cc(Cl)ccc1Oc1ccc(Br)cc1F. The number of hydrogen-bond acceptors (Lipinski definition) is 3. The highest BCUT2D eigenvalue weighted by Gasteiger charge is 2.12. The first-order chi connectivity index (χ1) is 9.51. The normalized spacial score (nSPS) is 11.4. The summed E-state index contributed by atoms with van der Waals surface area (Å²) < 4.78 is 19.8. The summed E-state index contributed by atoms with van der Waals surface area (Å²) in [5.74, 6) is -0.478. The van der Waals surface area contributed by atoms with Crippen LogP contribution in [0.4, 0.5) is 4.39 Å². The second-order valence-corrected chi connectivity index (χ2v) is 5.15. The van der Waals surface area contributed by atoms with E-state index < -0.39 is 5.82 Å². The molecule has 0 heterocycles. The Morgan fingerprint density at radius 1 is 1.25 bits per heavy atom. The third-order valence-corrected chi connectivity index (χ3v) is 3.17. The molecule has 0 aliphatic heterocycles. The standard InChI is InChI=1S/C13H9BrClFN2O2/c14-7-1-3-12(10(16)5-7)20-11-4-2-8(15)6-9(11)13(17)18-19/h1-6,19H,(H2,17,18). The topological polar surface area (TPSA) is 67.8 Å². The minimum absolute atomic E-state index is 0.0162. The Bertz CT molecular complexity index is 679. The van der Waals surface area contributed by atoms with Crippen LogP contribution >= 0.6 is 27.5 Å². The molecule has 2 aromatic rings. The predicted octanol–water partition coefficient (Wildman–Crippen LogP) is 4.13. The summed E-state index contributed by atoms with van der Waals surface area (Å²) in [6, 6.07) is 8.90. The maximum Gasteiger partial charge on any atom is 0.173 e. The van der Waals surface area contributed by atoms with Crippen LogP contribution in [0.5, 0.6) is 11.5 Å². The van der Waals surface area contributed by atoms with Gasteiger partial charge in [0.2, 0.25) is 0 Å². The number of halogens is 3. The molecule has 0 aliphatic rings. The van der Waals surface area contributed by atoms with Gasteiger partial charge < -0.3 is 15.7 Å². The van der Waals surface area contributed by atoms with E-state index in [0.29, 0.717) is 9.50 Å². The minimum Gasteiger partial charge on any atom is -0.454 e. The largest absolute Gasteiger partial charge is 0.454 e. The molecular weight excluding hydrogens is 351 g/mol. The molecule has 2 aromatic carbocycles. The van der Waals surface area contributed by atoms with Crippen LogP contribution in [0.15, 0.2) is 46.0 Å². The zero-order valence-electron chi connectivity index (χ0n) is 9.98. The number of nitrogens with zero attached hydrogens (tertiary/aromatic N) is 1. The Morgan fingerprint density at radius 2 is 1.95 bits per heavy atom. The number of nitrogens with two attached hydrogens (primary N) is 1. The first-order valence-corrected chi connectivity index (χ1v) is 6.58. The van der Waals surface area contributed by atoms with Crippen molar-refractivity contribution >= 4 is 33.4 Å². The molecule has 2 rings (SSSR count). The van der Waals surface area contributed by atoms with Gasteiger partial charge in [0.25, 0.3) is 0 Å². The lowest BCUT2D eigenvalue weighted by Gasteiger charge is -2.11. The van der Waals surface area contributed by atoms with E-state index in [2.05, 4.69) is 21.1 Å². The molecule has 3 N–H and O–H groups in total. The summed E-state index contributed by atoms with van der Waals surface area (Å²) in [5.41, 5.74) is 5.81. The van der Waals surface area contributed by atoms with Crippen molar-refractivity contribution < 1.29 is 14.3 Å². The fourth-order valence-corrected chi connectivity index (χ4v) is 2.03. The Labute approximate surface area is 127 Å². The van der Waals surface area contributed by atoms with Gasteiger partial charge in [0.1, 0.15) is 5.75 Å². The lowest BCUT2D eigenvalue weighted by molar-refractivity contribution is 0.318. The van der Waals surface area contributed by atoms with Crippen molar-refractivity contribution in [2.45, 2.75) is 0 Å². The number of hydrogen-bond donors (Lipinski definition) is 2. The van der Waals surface area contributed by atoms with Gasteiger partial charge in [0.15, 0.2) is 17.4 Å². The number of benzene rings is 2. The number of amidine groups is 1. The summed E-state index contributed by atoms with van der Waals surface area (Å²) in [4.78, 5) is 0. The van der Waals surface area contributed by atoms with Gasteiger partial charge in [-0.1, -0.05) is 32.7 Å². The number of ether oxygens (including phenoxy) is 1. The smallest absolute Gasteiger partial charge is 0.173 e. The average Bonchev–Trinajstić information content (AvgIpc) is 2.42. The first-order valence-electron chi connectivity index (χ1n) is 5.41. The zero-order valence-corrected chi connectivity index (χ0v) is 12.3. The van der Waals surface area contributed by atoms with E-state index in [-0.39, 0.29) is 22.9 Å². The van der Waals surface area contributed by atoms with E-state index in [0.717, 1.165) is 0 Å². The minimum atomic E-state index is -0.542. The van der Waals surface area contributed by atoms with Crippen LogP contribution in [0, 0.1) is 5.82 Å². The molecule has 7 heteroatoms. The first kappa shape index (κ1) is 14.6. The zero-order chi connectivity index (χ0) is 14.7. The lowest BCUT2D eigenvalue weighted by Crippen LogP contribution is -2.14.